The molecule has 0 aromatic carbocycles. The van der Waals surface area contributed by atoms with Gasteiger partial charge in [0.05, 0.1) is 0 Å². The third kappa shape index (κ3) is 4.06. The topological polar surface area (TPSA) is 29.1 Å². The molecule has 0 amide bonds. The highest BCUT2D eigenvalue weighted by molar-refractivity contribution is 7.21. The zero-order valence-electron chi connectivity index (χ0n) is 3.99. The lowest BCUT2D eigenvalue weighted by molar-refractivity contribution is 0.584. The quantitative estimate of drug-likeness (QED) is 0.530. The minimum absolute atomic E-state index is 0.348. The predicted molar refractivity (Wildman–Crippen MR) is 27.3 cm³/mol. The second kappa shape index (κ2) is 3.26. The van der Waals surface area contributed by atoms with Crippen molar-refractivity contribution in [2.24, 2.45) is 0 Å². The smallest absolute Gasteiger partial charge is 0.109 e. The molecule has 6 heavy (non-hydrogen) atoms. The Hall–Kier alpha value is 0.0600. The van der Waals surface area contributed by atoms with Crippen LogP contribution in [-0.2, 0) is 4.57 Å². The van der Waals surface area contributed by atoms with Crippen molar-refractivity contribution in [1.82, 2.24) is 5.09 Å². The van der Waals surface area contributed by atoms with Crippen LogP contribution in [0.3, 0.4) is 0 Å². The second-order valence-corrected chi connectivity index (χ2v) is 1.89. The van der Waals surface area contributed by atoms with Gasteiger partial charge in [0.15, 0.2) is 0 Å². The van der Waals surface area contributed by atoms with Crippen LogP contribution in [0.2, 0.25) is 0 Å². The van der Waals surface area contributed by atoms with Crippen molar-refractivity contribution in [3.05, 3.63) is 0 Å². The van der Waals surface area contributed by atoms with Gasteiger partial charge in [-0.2, -0.15) is 0 Å². The van der Waals surface area contributed by atoms with Crippen LogP contribution in [0.5, 0.6) is 0 Å². The lowest BCUT2D eigenvalue weighted by Gasteiger charge is -1.86. The average Bonchev–Trinajstić information content (AvgIpc) is 1.35. The van der Waals surface area contributed by atoms with E-state index >= 15 is 0 Å². The standard InChI is InChI=1S/C3H8NOP/c1-3(2)4-6-5/h3H,1-2H3,(H,4,5)/p+1. The maximum atomic E-state index is 9.66. The Labute approximate surface area is 39.2 Å². The largest absolute Gasteiger partial charge is 0.418 e. The number of hydrogen-bond acceptors (Lipinski definition) is 1. The molecule has 0 spiro atoms. The Morgan fingerprint density at radius 1 is 1.67 bits per heavy atom. The van der Waals surface area contributed by atoms with Gasteiger partial charge < -0.3 is 0 Å². The molecule has 2 nitrogen and oxygen atoms in total. The minimum atomic E-state index is -0.362. The summed E-state index contributed by atoms with van der Waals surface area (Å²) in [4.78, 5) is 0. The summed E-state index contributed by atoms with van der Waals surface area (Å²) in [6, 6.07) is 0.348. The highest BCUT2D eigenvalue weighted by atomic mass is 31.1. The molecule has 0 aliphatic heterocycles. The molecule has 36 valence electrons. The summed E-state index contributed by atoms with van der Waals surface area (Å²) in [5, 5.41) is 2.68. The molecule has 0 saturated heterocycles. The number of hydrogen-bond donors (Lipinski definition) is 1. The van der Waals surface area contributed by atoms with Crippen molar-refractivity contribution in [2.45, 2.75) is 19.9 Å². The Balaban J connectivity index is 2.81. The van der Waals surface area contributed by atoms with Gasteiger partial charge in [-0.15, -0.1) is 5.09 Å². The van der Waals surface area contributed by atoms with Gasteiger partial charge in [0.2, 0.25) is 0 Å². The van der Waals surface area contributed by atoms with E-state index in [1.165, 1.54) is 0 Å². The lowest BCUT2D eigenvalue weighted by atomic mass is 10.4. The summed E-state index contributed by atoms with van der Waals surface area (Å²) in [6.07, 6.45) is 0. The molecular weight excluding hydrogens is 97.0 g/mol. The zero-order valence-corrected chi connectivity index (χ0v) is 4.99. The summed E-state index contributed by atoms with van der Waals surface area (Å²) >= 11 is 0. The molecule has 0 aromatic heterocycles. The van der Waals surface area contributed by atoms with Gasteiger partial charge in [0.1, 0.15) is 0 Å². The highest BCUT2D eigenvalue weighted by Gasteiger charge is 1.91. The second-order valence-electron chi connectivity index (χ2n) is 1.40. The van der Waals surface area contributed by atoms with Gasteiger partial charge >= 0.3 is 8.61 Å². The normalized spacial score (nSPS) is 10.5. The van der Waals surface area contributed by atoms with Crippen molar-refractivity contribution in [2.75, 3.05) is 0 Å². The first-order valence-electron chi connectivity index (χ1n) is 1.90. The van der Waals surface area contributed by atoms with Crippen LogP contribution in [-0.4, -0.2) is 6.04 Å². The molecule has 0 bridgehead atoms. The van der Waals surface area contributed by atoms with Gasteiger partial charge in [0.25, 0.3) is 0 Å². The van der Waals surface area contributed by atoms with E-state index in [1.807, 2.05) is 13.8 Å². The summed E-state index contributed by atoms with van der Waals surface area (Å²) in [5.74, 6) is 0. The summed E-state index contributed by atoms with van der Waals surface area (Å²) in [6.45, 7) is 3.90. The third-order valence-corrected chi connectivity index (χ3v) is 1.04. The van der Waals surface area contributed by atoms with Crippen molar-refractivity contribution in [3.63, 3.8) is 0 Å². The molecule has 0 aromatic rings. The van der Waals surface area contributed by atoms with Gasteiger partial charge in [-0.25, -0.2) is 0 Å². The van der Waals surface area contributed by atoms with Crippen LogP contribution in [0.4, 0.5) is 0 Å². The first-order chi connectivity index (χ1) is 2.77. The Bertz CT molecular complexity index is 46.1. The minimum Gasteiger partial charge on any atom is -0.109 e. The zero-order chi connectivity index (χ0) is 4.99. The van der Waals surface area contributed by atoms with Crippen LogP contribution in [0.1, 0.15) is 13.8 Å². The number of nitrogens with one attached hydrogen (secondary N) is 1. The molecule has 0 aliphatic carbocycles. The number of rotatable bonds is 2. The van der Waals surface area contributed by atoms with E-state index in [0.29, 0.717) is 6.04 Å². The van der Waals surface area contributed by atoms with Crippen molar-refractivity contribution >= 4 is 8.61 Å². The maximum Gasteiger partial charge on any atom is 0.418 e. The fourth-order valence-corrected chi connectivity index (χ4v) is 0.354. The first kappa shape index (κ1) is 6.06. The molecule has 1 atom stereocenters. The van der Waals surface area contributed by atoms with Crippen LogP contribution in [0.25, 0.3) is 0 Å². The van der Waals surface area contributed by atoms with E-state index in [9.17, 15) is 4.57 Å². The molecule has 0 fully saturated rings. The van der Waals surface area contributed by atoms with E-state index in [-0.39, 0.29) is 8.61 Å². The molecule has 0 rings (SSSR count). The summed E-state index contributed by atoms with van der Waals surface area (Å²) in [7, 11) is -0.362. The molecule has 0 heterocycles. The fraction of sp³-hybridized carbons (Fsp3) is 1.00. The van der Waals surface area contributed by atoms with E-state index in [1.54, 1.807) is 0 Å². The first-order valence-corrected chi connectivity index (χ1v) is 2.81. The van der Waals surface area contributed by atoms with Crippen molar-refractivity contribution < 1.29 is 4.57 Å². The van der Waals surface area contributed by atoms with E-state index in [4.69, 9.17) is 0 Å². The molecular formula is C3H9NOP+. The fourth-order valence-electron chi connectivity index (χ4n) is 0.118. The Morgan fingerprint density at radius 2 is 2.17 bits per heavy atom. The van der Waals surface area contributed by atoms with Crippen LogP contribution < -0.4 is 5.09 Å². The van der Waals surface area contributed by atoms with Gasteiger partial charge in [0, 0.05) is 6.04 Å². The third-order valence-electron chi connectivity index (χ3n) is 0.348. The van der Waals surface area contributed by atoms with Gasteiger partial charge in [-0.05, 0) is 13.8 Å². The van der Waals surface area contributed by atoms with Crippen molar-refractivity contribution in [3.8, 4) is 0 Å². The lowest BCUT2D eigenvalue weighted by Crippen LogP contribution is -2.09. The molecule has 1 N–H and O–H groups in total. The van der Waals surface area contributed by atoms with E-state index in [2.05, 4.69) is 5.09 Å². The van der Waals surface area contributed by atoms with E-state index < -0.39 is 0 Å². The van der Waals surface area contributed by atoms with Crippen molar-refractivity contribution in [1.29, 1.82) is 0 Å². The molecule has 0 saturated carbocycles. The Morgan fingerprint density at radius 3 is 2.17 bits per heavy atom. The predicted octanol–water partition coefficient (Wildman–Crippen LogP) is 0.923. The van der Waals surface area contributed by atoms with Crippen LogP contribution >= 0.6 is 8.61 Å². The maximum absolute atomic E-state index is 9.66. The molecule has 1 unspecified atom stereocenters. The van der Waals surface area contributed by atoms with Gasteiger partial charge in [-0.3, -0.25) is 0 Å². The van der Waals surface area contributed by atoms with E-state index in [0.717, 1.165) is 0 Å². The average molecular weight is 106 g/mol. The SMILES string of the molecule is CC(C)N[PH+]=O. The molecule has 0 aliphatic rings. The monoisotopic (exact) mass is 106 g/mol. The van der Waals surface area contributed by atoms with Gasteiger partial charge in [-0.1, -0.05) is 4.57 Å². The highest BCUT2D eigenvalue weighted by Crippen LogP contribution is 1.84. The molecule has 0 radical (unpaired) electrons. The Kier molecular flexibility index (Phi) is 3.29. The summed E-state index contributed by atoms with van der Waals surface area (Å²) < 4.78 is 9.66. The van der Waals surface area contributed by atoms with Crippen LogP contribution in [0, 0.1) is 0 Å². The summed E-state index contributed by atoms with van der Waals surface area (Å²) in [5.41, 5.74) is 0. The van der Waals surface area contributed by atoms with Crippen LogP contribution in [0.15, 0.2) is 0 Å². The molecule has 3 heteroatoms.